The zero-order valence-electron chi connectivity index (χ0n) is 15.4. The zero-order valence-corrected chi connectivity index (χ0v) is 15.4. The Morgan fingerprint density at radius 1 is 1.19 bits per heavy atom. The smallest absolute Gasteiger partial charge is 0.328 e. The molecule has 3 aromatic rings. The second kappa shape index (κ2) is 7.49. The van der Waals surface area contributed by atoms with Crippen molar-refractivity contribution in [1.82, 2.24) is 14.7 Å². The molecular formula is C20H21N3O4. The number of aryl methyl sites for hydroxylation is 2. The van der Waals surface area contributed by atoms with Gasteiger partial charge in [0.05, 0.1) is 18.4 Å². The SMILES string of the molecule is COC(=O)[C@H](Cc1ccc(O)cc1)NC(=O)c1ccc2nc(C)c(C)n2c1. The molecular weight excluding hydrogens is 346 g/mol. The number of ether oxygens (including phenoxy) is 1. The van der Waals surface area contributed by atoms with Crippen molar-refractivity contribution < 1.29 is 19.4 Å². The molecule has 3 rings (SSSR count). The third-order valence-electron chi connectivity index (χ3n) is 4.52. The second-order valence-corrected chi connectivity index (χ2v) is 6.35. The van der Waals surface area contributed by atoms with E-state index in [9.17, 15) is 14.7 Å². The fourth-order valence-corrected chi connectivity index (χ4v) is 2.86. The summed E-state index contributed by atoms with van der Waals surface area (Å²) in [6.07, 6.45) is 1.96. The predicted molar refractivity (Wildman–Crippen MR) is 99.7 cm³/mol. The van der Waals surface area contributed by atoms with Crippen LogP contribution in [0.15, 0.2) is 42.6 Å². The molecule has 0 saturated heterocycles. The minimum atomic E-state index is -0.839. The number of esters is 1. The summed E-state index contributed by atoms with van der Waals surface area (Å²) in [6.45, 7) is 3.84. The summed E-state index contributed by atoms with van der Waals surface area (Å²) >= 11 is 0. The summed E-state index contributed by atoms with van der Waals surface area (Å²) in [5, 5.41) is 12.1. The van der Waals surface area contributed by atoms with E-state index in [4.69, 9.17) is 4.74 Å². The molecule has 0 aliphatic heterocycles. The molecule has 2 heterocycles. The lowest BCUT2D eigenvalue weighted by Crippen LogP contribution is -2.43. The first kappa shape index (κ1) is 18.4. The highest BCUT2D eigenvalue weighted by atomic mass is 16.5. The summed E-state index contributed by atoms with van der Waals surface area (Å²) in [5.74, 6) is -0.777. The number of aromatic nitrogens is 2. The maximum absolute atomic E-state index is 12.7. The van der Waals surface area contributed by atoms with Crippen LogP contribution < -0.4 is 5.32 Å². The van der Waals surface area contributed by atoms with E-state index < -0.39 is 12.0 Å². The number of imidazole rings is 1. The topological polar surface area (TPSA) is 92.9 Å². The highest BCUT2D eigenvalue weighted by Gasteiger charge is 2.23. The Balaban J connectivity index is 1.82. The second-order valence-electron chi connectivity index (χ2n) is 6.35. The van der Waals surface area contributed by atoms with Crippen LogP contribution in [0.25, 0.3) is 5.65 Å². The Bertz CT molecular complexity index is 992. The van der Waals surface area contributed by atoms with Crippen molar-refractivity contribution >= 4 is 17.5 Å². The van der Waals surface area contributed by atoms with Gasteiger partial charge in [-0.1, -0.05) is 12.1 Å². The van der Waals surface area contributed by atoms with Gasteiger partial charge in [-0.05, 0) is 43.7 Å². The van der Waals surface area contributed by atoms with Gasteiger partial charge >= 0.3 is 5.97 Å². The maximum Gasteiger partial charge on any atom is 0.328 e. The summed E-state index contributed by atoms with van der Waals surface area (Å²) in [5.41, 5.74) is 3.82. The van der Waals surface area contributed by atoms with Crippen molar-refractivity contribution in [2.75, 3.05) is 7.11 Å². The molecule has 0 radical (unpaired) electrons. The van der Waals surface area contributed by atoms with Gasteiger partial charge in [-0.25, -0.2) is 9.78 Å². The Morgan fingerprint density at radius 3 is 2.56 bits per heavy atom. The minimum Gasteiger partial charge on any atom is -0.508 e. The number of nitrogens with one attached hydrogen (secondary N) is 1. The summed E-state index contributed by atoms with van der Waals surface area (Å²) in [4.78, 5) is 29.2. The summed E-state index contributed by atoms with van der Waals surface area (Å²) < 4.78 is 6.66. The van der Waals surface area contributed by atoms with Gasteiger partial charge in [-0.3, -0.25) is 4.79 Å². The lowest BCUT2D eigenvalue weighted by Gasteiger charge is -2.17. The number of rotatable bonds is 5. The molecule has 0 unspecified atom stereocenters. The molecule has 7 heteroatoms. The van der Waals surface area contributed by atoms with E-state index >= 15 is 0 Å². The molecule has 0 spiro atoms. The van der Waals surface area contributed by atoms with Crippen LogP contribution in [0.2, 0.25) is 0 Å². The number of nitrogens with zero attached hydrogens (tertiary/aromatic N) is 2. The fourth-order valence-electron chi connectivity index (χ4n) is 2.86. The van der Waals surface area contributed by atoms with E-state index in [1.54, 1.807) is 30.5 Å². The van der Waals surface area contributed by atoms with Crippen LogP contribution in [0.5, 0.6) is 5.75 Å². The first-order valence-electron chi connectivity index (χ1n) is 8.51. The number of phenolic OH excluding ortho intramolecular Hbond substituents is 1. The fraction of sp³-hybridized carbons (Fsp3) is 0.250. The normalized spacial score (nSPS) is 12.0. The van der Waals surface area contributed by atoms with Gasteiger partial charge in [-0.2, -0.15) is 0 Å². The molecule has 1 aromatic carbocycles. The van der Waals surface area contributed by atoms with E-state index in [0.717, 1.165) is 22.6 Å². The number of carbonyl (C=O) groups is 2. The molecule has 0 aliphatic carbocycles. The average molecular weight is 367 g/mol. The van der Waals surface area contributed by atoms with Crippen molar-refractivity contribution in [1.29, 1.82) is 0 Å². The molecule has 1 amide bonds. The predicted octanol–water partition coefficient (Wildman–Crippen LogP) is 2.17. The van der Waals surface area contributed by atoms with Gasteiger partial charge in [0.1, 0.15) is 17.4 Å². The van der Waals surface area contributed by atoms with Crippen LogP contribution in [0, 0.1) is 13.8 Å². The Morgan fingerprint density at radius 2 is 1.89 bits per heavy atom. The van der Waals surface area contributed by atoms with Crippen molar-refractivity contribution in [2.24, 2.45) is 0 Å². The van der Waals surface area contributed by atoms with Gasteiger partial charge < -0.3 is 19.6 Å². The molecule has 0 fully saturated rings. The number of benzene rings is 1. The van der Waals surface area contributed by atoms with Crippen molar-refractivity contribution in [3.05, 3.63) is 65.1 Å². The average Bonchev–Trinajstić information content (AvgIpc) is 2.95. The molecule has 0 saturated carbocycles. The molecule has 1 atom stereocenters. The number of amides is 1. The van der Waals surface area contributed by atoms with Crippen molar-refractivity contribution in [2.45, 2.75) is 26.3 Å². The van der Waals surface area contributed by atoms with E-state index in [1.807, 2.05) is 18.2 Å². The molecule has 140 valence electrons. The Kier molecular flexibility index (Phi) is 5.12. The molecule has 0 bridgehead atoms. The van der Waals surface area contributed by atoms with E-state index in [2.05, 4.69) is 10.3 Å². The van der Waals surface area contributed by atoms with Gasteiger partial charge in [0.25, 0.3) is 5.91 Å². The van der Waals surface area contributed by atoms with Crippen LogP contribution in [0.1, 0.15) is 27.3 Å². The van der Waals surface area contributed by atoms with E-state index in [0.29, 0.717) is 5.56 Å². The number of fused-ring (bicyclic) bond motifs is 1. The number of carbonyl (C=O) groups excluding carboxylic acids is 2. The van der Waals surface area contributed by atoms with E-state index in [-0.39, 0.29) is 18.1 Å². The summed E-state index contributed by atoms with van der Waals surface area (Å²) in [7, 11) is 1.28. The Hall–Kier alpha value is -3.35. The number of hydrogen-bond donors (Lipinski definition) is 2. The van der Waals surface area contributed by atoms with Crippen LogP contribution in [-0.4, -0.2) is 39.5 Å². The quantitative estimate of drug-likeness (QED) is 0.674. The lowest BCUT2D eigenvalue weighted by molar-refractivity contribution is -0.142. The van der Waals surface area contributed by atoms with Crippen LogP contribution in [0.3, 0.4) is 0 Å². The minimum absolute atomic E-state index is 0.136. The number of hydrogen-bond acceptors (Lipinski definition) is 5. The monoisotopic (exact) mass is 367 g/mol. The van der Waals surface area contributed by atoms with Gasteiger partial charge in [0.2, 0.25) is 0 Å². The third-order valence-corrected chi connectivity index (χ3v) is 4.52. The third kappa shape index (κ3) is 3.92. The number of methoxy groups -OCH3 is 1. The van der Waals surface area contributed by atoms with Crippen LogP contribution >= 0.6 is 0 Å². The number of aromatic hydroxyl groups is 1. The van der Waals surface area contributed by atoms with E-state index in [1.165, 1.54) is 19.2 Å². The van der Waals surface area contributed by atoms with Gasteiger partial charge in [0, 0.05) is 18.3 Å². The largest absolute Gasteiger partial charge is 0.508 e. The zero-order chi connectivity index (χ0) is 19.6. The number of pyridine rings is 1. The molecule has 0 aliphatic rings. The van der Waals surface area contributed by atoms with Gasteiger partial charge in [0.15, 0.2) is 0 Å². The highest BCUT2D eigenvalue weighted by Crippen LogP contribution is 2.14. The lowest BCUT2D eigenvalue weighted by atomic mass is 10.1. The molecule has 2 N–H and O–H groups in total. The van der Waals surface area contributed by atoms with Crippen LogP contribution in [-0.2, 0) is 16.0 Å². The molecule has 2 aromatic heterocycles. The first-order valence-corrected chi connectivity index (χ1v) is 8.51. The van der Waals surface area contributed by atoms with Crippen molar-refractivity contribution in [3.8, 4) is 5.75 Å². The first-order chi connectivity index (χ1) is 12.9. The van der Waals surface area contributed by atoms with Gasteiger partial charge in [-0.15, -0.1) is 0 Å². The summed E-state index contributed by atoms with van der Waals surface area (Å²) in [6, 6.07) is 9.05. The molecule has 27 heavy (non-hydrogen) atoms. The standard InChI is InChI=1S/C20H21N3O4/c1-12-13(2)23-11-15(6-9-18(23)21-12)19(25)22-17(20(26)27-3)10-14-4-7-16(24)8-5-14/h4-9,11,17,24H,10H2,1-3H3,(H,22,25)/t17-/m0/s1. The van der Waals surface area contributed by atoms with Crippen LogP contribution in [0.4, 0.5) is 0 Å². The highest BCUT2D eigenvalue weighted by molar-refractivity contribution is 5.96. The Labute approximate surface area is 156 Å². The number of phenols is 1. The molecule has 7 nitrogen and oxygen atoms in total. The van der Waals surface area contributed by atoms with Crippen molar-refractivity contribution in [3.63, 3.8) is 0 Å². The maximum atomic E-state index is 12.7.